The van der Waals surface area contributed by atoms with Crippen LogP contribution in [0.1, 0.15) is 50.4 Å². The maximum absolute atomic E-state index is 12.6. The lowest BCUT2D eigenvalue weighted by atomic mass is 9.65. The van der Waals surface area contributed by atoms with Gasteiger partial charge < -0.3 is 9.64 Å². The Kier molecular flexibility index (Phi) is 4.80. The summed E-state index contributed by atoms with van der Waals surface area (Å²) in [6.45, 7) is 7.24. The number of likely N-dealkylation sites (tertiary alicyclic amines) is 1. The van der Waals surface area contributed by atoms with Crippen LogP contribution in [0.25, 0.3) is 0 Å². The molecule has 1 aliphatic carbocycles. The lowest BCUT2D eigenvalue weighted by molar-refractivity contribution is -0.135. The van der Waals surface area contributed by atoms with Crippen molar-refractivity contribution in [1.82, 2.24) is 4.90 Å². The first-order chi connectivity index (χ1) is 11.6. The number of hydrogen-bond acceptors (Lipinski definition) is 3. The van der Waals surface area contributed by atoms with E-state index in [4.69, 9.17) is 27.9 Å². The highest BCUT2D eigenvalue weighted by molar-refractivity contribution is 6.36. The number of ether oxygens (including phenoxy) is 1. The van der Waals surface area contributed by atoms with E-state index in [0.29, 0.717) is 5.02 Å². The van der Waals surface area contributed by atoms with Crippen LogP contribution in [0.2, 0.25) is 10.0 Å². The number of carbonyl (C=O) groups excluding carboxylic acids is 2. The predicted octanol–water partition coefficient (Wildman–Crippen LogP) is 4.58. The van der Waals surface area contributed by atoms with Crippen LogP contribution in [-0.2, 0) is 9.53 Å². The molecule has 0 unspecified atom stereocenters. The molecule has 2 fully saturated rings. The standard InChI is InChI=1S/C19H23Cl2NO3/c1-18(2)7-13-8-19(3,10-18)11-22(13)16(23)9-25-17(24)14-5-4-12(20)6-15(14)21/h4-6,13H,7-11H2,1-3H3/t13-,19+/m1/s1. The smallest absolute Gasteiger partial charge is 0.340 e. The van der Waals surface area contributed by atoms with Gasteiger partial charge in [-0.05, 0) is 48.3 Å². The molecule has 136 valence electrons. The topological polar surface area (TPSA) is 46.6 Å². The molecule has 1 aromatic carbocycles. The zero-order valence-electron chi connectivity index (χ0n) is 14.8. The molecule has 1 aromatic rings. The van der Waals surface area contributed by atoms with Crippen LogP contribution >= 0.6 is 23.2 Å². The second-order valence-electron chi connectivity index (χ2n) is 8.44. The van der Waals surface area contributed by atoms with Crippen LogP contribution in [0, 0.1) is 10.8 Å². The molecule has 2 bridgehead atoms. The first-order valence-electron chi connectivity index (χ1n) is 8.50. The molecule has 0 radical (unpaired) electrons. The summed E-state index contributed by atoms with van der Waals surface area (Å²) in [4.78, 5) is 26.7. The summed E-state index contributed by atoms with van der Waals surface area (Å²) < 4.78 is 5.20. The molecule has 1 aliphatic heterocycles. The maximum Gasteiger partial charge on any atom is 0.340 e. The van der Waals surface area contributed by atoms with Crippen molar-refractivity contribution in [1.29, 1.82) is 0 Å². The number of rotatable bonds is 3. The van der Waals surface area contributed by atoms with Gasteiger partial charge >= 0.3 is 5.97 Å². The monoisotopic (exact) mass is 383 g/mol. The van der Waals surface area contributed by atoms with Crippen molar-refractivity contribution in [3.8, 4) is 0 Å². The minimum Gasteiger partial charge on any atom is -0.452 e. The van der Waals surface area contributed by atoms with Gasteiger partial charge in [-0.3, -0.25) is 4.79 Å². The molecule has 25 heavy (non-hydrogen) atoms. The van der Waals surface area contributed by atoms with Crippen LogP contribution in [0.15, 0.2) is 18.2 Å². The predicted molar refractivity (Wildman–Crippen MR) is 98.0 cm³/mol. The Bertz CT molecular complexity index is 719. The van der Waals surface area contributed by atoms with Gasteiger partial charge in [0.05, 0.1) is 10.6 Å². The fourth-order valence-corrected chi connectivity index (χ4v) is 5.18. The van der Waals surface area contributed by atoms with Crippen molar-refractivity contribution in [2.24, 2.45) is 10.8 Å². The third kappa shape index (κ3) is 3.95. The summed E-state index contributed by atoms with van der Waals surface area (Å²) >= 11 is 11.8. The van der Waals surface area contributed by atoms with Crippen LogP contribution in [0.4, 0.5) is 0 Å². The number of amides is 1. The molecule has 0 spiro atoms. The molecular weight excluding hydrogens is 361 g/mol. The van der Waals surface area contributed by atoms with Gasteiger partial charge in [0.1, 0.15) is 0 Å². The van der Waals surface area contributed by atoms with Crippen LogP contribution < -0.4 is 0 Å². The van der Waals surface area contributed by atoms with E-state index in [1.807, 2.05) is 4.90 Å². The Balaban J connectivity index is 1.62. The zero-order valence-corrected chi connectivity index (χ0v) is 16.3. The largest absolute Gasteiger partial charge is 0.452 e. The van der Waals surface area contributed by atoms with E-state index >= 15 is 0 Å². The van der Waals surface area contributed by atoms with E-state index in [1.54, 1.807) is 6.07 Å². The molecule has 1 amide bonds. The first-order valence-corrected chi connectivity index (χ1v) is 9.26. The number of carbonyl (C=O) groups is 2. The van der Waals surface area contributed by atoms with Gasteiger partial charge in [-0.15, -0.1) is 0 Å². The third-order valence-electron chi connectivity index (χ3n) is 5.21. The van der Waals surface area contributed by atoms with Crippen molar-refractivity contribution in [3.05, 3.63) is 33.8 Å². The molecule has 4 nitrogen and oxygen atoms in total. The second kappa shape index (κ2) is 6.48. The average molecular weight is 384 g/mol. The van der Waals surface area contributed by atoms with E-state index in [0.717, 1.165) is 25.8 Å². The second-order valence-corrected chi connectivity index (χ2v) is 9.28. The summed E-state index contributed by atoms with van der Waals surface area (Å²) in [5.41, 5.74) is 0.610. The Morgan fingerprint density at radius 2 is 1.96 bits per heavy atom. The molecule has 0 aromatic heterocycles. The Morgan fingerprint density at radius 1 is 1.24 bits per heavy atom. The fraction of sp³-hybridized carbons (Fsp3) is 0.579. The first kappa shape index (κ1) is 18.5. The highest BCUT2D eigenvalue weighted by Crippen LogP contribution is 2.52. The summed E-state index contributed by atoms with van der Waals surface area (Å²) in [6.07, 6.45) is 3.13. The number of benzene rings is 1. The van der Waals surface area contributed by atoms with Gasteiger partial charge in [0.15, 0.2) is 6.61 Å². The van der Waals surface area contributed by atoms with E-state index in [9.17, 15) is 9.59 Å². The lowest BCUT2D eigenvalue weighted by Crippen LogP contribution is -2.39. The highest BCUT2D eigenvalue weighted by atomic mass is 35.5. The van der Waals surface area contributed by atoms with Crippen LogP contribution in [0.5, 0.6) is 0 Å². The Hall–Kier alpha value is -1.26. The molecule has 1 saturated heterocycles. The number of halogens is 2. The van der Waals surface area contributed by atoms with E-state index in [2.05, 4.69) is 20.8 Å². The van der Waals surface area contributed by atoms with Crippen LogP contribution in [-0.4, -0.2) is 36.0 Å². The third-order valence-corrected chi connectivity index (χ3v) is 5.76. The Labute approximate surface area is 158 Å². The summed E-state index contributed by atoms with van der Waals surface area (Å²) in [5.74, 6) is -0.742. The molecule has 3 rings (SSSR count). The number of hydrogen-bond donors (Lipinski definition) is 0. The molecule has 2 aliphatic rings. The molecule has 1 saturated carbocycles. The van der Waals surface area contributed by atoms with Crippen molar-refractivity contribution < 1.29 is 14.3 Å². The van der Waals surface area contributed by atoms with Crippen molar-refractivity contribution in [2.45, 2.75) is 46.1 Å². The highest BCUT2D eigenvalue weighted by Gasteiger charge is 2.50. The minimum atomic E-state index is -0.608. The van der Waals surface area contributed by atoms with Gasteiger partial charge in [-0.2, -0.15) is 0 Å². The van der Waals surface area contributed by atoms with E-state index < -0.39 is 5.97 Å². The SMILES string of the molecule is CC1(C)C[C@@H]2C[C@](C)(CN2C(=O)COC(=O)c2ccc(Cl)cc2Cl)C1. The number of esters is 1. The van der Waals surface area contributed by atoms with Crippen molar-refractivity contribution in [3.63, 3.8) is 0 Å². The number of nitrogens with zero attached hydrogens (tertiary/aromatic N) is 1. The minimum absolute atomic E-state index is 0.134. The molecule has 0 N–H and O–H groups in total. The van der Waals surface area contributed by atoms with E-state index in [-0.39, 0.29) is 40.0 Å². The van der Waals surface area contributed by atoms with Gasteiger partial charge in [-0.1, -0.05) is 44.0 Å². The van der Waals surface area contributed by atoms with Gasteiger partial charge in [0.25, 0.3) is 5.91 Å². The van der Waals surface area contributed by atoms with Gasteiger partial charge in [0.2, 0.25) is 0 Å². The van der Waals surface area contributed by atoms with Crippen molar-refractivity contribution >= 4 is 35.1 Å². The quantitative estimate of drug-likeness (QED) is 0.717. The average Bonchev–Trinajstić information content (AvgIpc) is 2.73. The van der Waals surface area contributed by atoms with Crippen molar-refractivity contribution in [2.75, 3.05) is 13.2 Å². The molecule has 6 heteroatoms. The normalized spacial score (nSPS) is 27.2. The summed E-state index contributed by atoms with van der Waals surface area (Å²) in [6, 6.07) is 4.79. The van der Waals surface area contributed by atoms with Gasteiger partial charge in [0, 0.05) is 17.6 Å². The number of fused-ring (bicyclic) bond motifs is 2. The van der Waals surface area contributed by atoms with Gasteiger partial charge in [-0.25, -0.2) is 4.79 Å². The molecular formula is C19H23Cl2NO3. The lowest BCUT2D eigenvalue weighted by Gasteiger charge is -2.39. The molecule has 2 atom stereocenters. The zero-order chi connectivity index (χ0) is 18.4. The maximum atomic E-state index is 12.6. The summed E-state index contributed by atoms with van der Waals surface area (Å²) in [7, 11) is 0. The molecule has 1 heterocycles. The summed E-state index contributed by atoms with van der Waals surface area (Å²) in [5, 5.41) is 0.661. The van der Waals surface area contributed by atoms with Crippen LogP contribution in [0.3, 0.4) is 0 Å². The fourth-order valence-electron chi connectivity index (χ4n) is 4.69. The Morgan fingerprint density at radius 3 is 2.64 bits per heavy atom. The van der Waals surface area contributed by atoms with E-state index in [1.165, 1.54) is 12.1 Å².